The van der Waals surface area contributed by atoms with Crippen molar-refractivity contribution < 1.29 is 17.9 Å². The van der Waals surface area contributed by atoms with Gasteiger partial charge in [-0.05, 0) is 49.4 Å². The molecule has 0 bridgehead atoms. The van der Waals surface area contributed by atoms with Gasteiger partial charge in [0.25, 0.3) is 0 Å². The molecule has 0 saturated carbocycles. The van der Waals surface area contributed by atoms with Gasteiger partial charge in [-0.15, -0.1) is 0 Å². The molecule has 1 unspecified atom stereocenters. The maximum atomic E-state index is 12.5. The SMILES string of the molecule is COc1ccc(NC(=O)C(C)N(c2cccc(Cl)c2)S(C)(=O)=O)cc1. The van der Waals surface area contributed by atoms with Crippen molar-refractivity contribution in [3.8, 4) is 5.75 Å². The van der Waals surface area contributed by atoms with Crippen molar-refractivity contribution in [3.63, 3.8) is 0 Å². The summed E-state index contributed by atoms with van der Waals surface area (Å²) < 4.78 is 30.5. The number of rotatable bonds is 6. The number of carbonyl (C=O) groups is 1. The molecule has 0 radical (unpaired) electrons. The van der Waals surface area contributed by atoms with Crippen LogP contribution in [0.2, 0.25) is 5.02 Å². The van der Waals surface area contributed by atoms with Crippen LogP contribution in [0.5, 0.6) is 5.75 Å². The van der Waals surface area contributed by atoms with Gasteiger partial charge in [-0.25, -0.2) is 8.42 Å². The van der Waals surface area contributed by atoms with Gasteiger partial charge in [0.05, 0.1) is 19.1 Å². The fraction of sp³-hybridized carbons (Fsp3) is 0.235. The number of ether oxygens (including phenoxy) is 1. The second-order valence-corrected chi connectivity index (χ2v) is 7.73. The van der Waals surface area contributed by atoms with Crippen LogP contribution in [0.3, 0.4) is 0 Å². The number of halogens is 1. The second-order valence-electron chi connectivity index (χ2n) is 5.43. The van der Waals surface area contributed by atoms with E-state index in [2.05, 4.69) is 5.32 Å². The van der Waals surface area contributed by atoms with E-state index < -0.39 is 22.0 Å². The highest BCUT2D eigenvalue weighted by atomic mass is 35.5. The predicted octanol–water partition coefficient (Wildman–Crippen LogP) is 3.14. The molecule has 2 aromatic carbocycles. The molecule has 0 aliphatic carbocycles. The first-order valence-corrected chi connectivity index (χ1v) is 9.65. The van der Waals surface area contributed by atoms with Crippen LogP contribution in [-0.2, 0) is 14.8 Å². The lowest BCUT2D eigenvalue weighted by Gasteiger charge is -2.28. The van der Waals surface area contributed by atoms with Crippen LogP contribution in [0.25, 0.3) is 0 Å². The smallest absolute Gasteiger partial charge is 0.247 e. The lowest BCUT2D eigenvalue weighted by atomic mass is 10.2. The van der Waals surface area contributed by atoms with Gasteiger partial charge in [0.2, 0.25) is 15.9 Å². The zero-order valence-corrected chi connectivity index (χ0v) is 15.6. The molecule has 6 nitrogen and oxygen atoms in total. The van der Waals surface area contributed by atoms with Crippen molar-refractivity contribution in [2.24, 2.45) is 0 Å². The average molecular weight is 383 g/mol. The molecule has 0 aliphatic rings. The van der Waals surface area contributed by atoms with E-state index in [0.29, 0.717) is 22.1 Å². The molecular formula is C17H19ClN2O4S. The number of carbonyl (C=O) groups excluding carboxylic acids is 1. The number of hydrogen-bond donors (Lipinski definition) is 1. The van der Waals surface area contributed by atoms with Crippen LogP contribution < -0.4 is 14.4 Å². The molecule has 1 amide bonds. The molecule has 0 heterocycles. The van der Waals surface area contributed by atoms with E-state index in [1.807, 2.05) is 0 Å². The quantitative estimate of drug-likeness (QED) is 0.832. The molecule has 134 valence electrons. The van der Waals surface area contributed by atoms with Gasteiger partial charge in [0.1, 0.15) is 11.8 Å². The van der Waals surface area contributed by atoms with Crippen molar-refractivity contribution >= 4 is 38.9 Å². The van der Waals surface area contributed by atoms with Crippen molar-refractivity contribution in [1.29, 1.82) is 0 Å². The zero-order chi connectivity index (χ0) is 18.6. The summed E-state index contributed by atoms with van der Waals surface area (Å²) in [5.74, 6) is 0.193. The normalized spacial score (nSPS) is 12.3. The van der Waals surface area contributed by atoms with Crippen LogP contribution in [0.4, 0.5) is 11.4 Å². The number of nitrogens with zero attached hydrogens (tertiary/aromatic N) is 1. The molecule has 0 aromatic heterocycles. The molecule has 2 aromatic rings. The average Bonchev–Trinajstić information content (AvgIpc) is 2.54. The molecule has 8 heteroatoms. The van der Waals surface area contributed by atoms with Crippen molar-refractivity contribution in [3.05, 3.63) is 53.6 Å². The zero-order valence-electron chi connectivity index (χ0n) is 14.1. The van der Waals surface area contributed by atoms with Gasteiger partial charge in [-0.3, -0.25) is 9.10 Å². The molecule has 25 heavy (non-hydrogen) atoms. The number of sulfonamides is 1. The van der Waals surface area contributed by atoms with Gasteiger partial charge in [-0.1, -0.05) is 17.7 Å². The molecule has 1 N–H and O–H groups in total. The number of amides is 1. The largest absolute Gasteiger partial charge is 0.497 e. The number of hydrogen-bond acceptors (Lipinski definition) is 4. The lowest BCUT2D eigenvalue weighted by Crippen LogP contribution is -2.45. The molecular weight excluding hydrogens is 364 g/mol. The second kappa shape index (κ2) is 7.76. The minimum atomic E-state index is -3.69. The van der Waals surface area contributed by atoms with Crippen molar-refractivity contribution in [1.82, 2.24) is 0 Å². The number of benzene rings is 2. The minimum absolute atomic E-state index is 0.326. The third kappa shape index (κ3) is 4.87. The van der Waals surface area contributed by atoms with Crippen LogP contribution >= 0.6 is 11.6 Å². The monoisotopic (exact) mass is 382 g/mol. The van der Waals surface area contributed by atoms with E-state index in [0.717, 1.165) is 10.6 Å². The topological polar surface area (TPSA) is 75.7 Å². The summed E-state index contributed by atoms with van der Waals surface area (Å²) in [5, 5.41) is 3.08. The Balaban J connectivity index is 2.26. The summed E-state index contributed by atoms with van der Waals surface area (Å²) in [5.41, 5.74) is 0.865. The Morgan fingerprint density at radius 3 is 2.36 bits per heavy atom. The summed E-state index contributed by atoms with van der Waals surface area (Å²) in [4.78, 5) is 12.5. The van der Waals surface area contributed by atoms with E-state index in [9.17, 15) is 13.2 Å². The Labute approximate surface area is 152 Å². The number of nitrogens with one attached hydrogen (secondary N) is 1. The van der Waals surface area contributed by atoms with Gasteiger partial charge < -0.3 is 10.1 Å². The lowest BCUT2D eigenvalue weighted by molar-refractivity contribution is -0.116. The highest BCUT2D eigenvalue weighted by Gasteiger charge is 2.29. The van der Waals surface area contributed by atoms with Crippen LogP contribution in [0, 0.1) is 0 Å². The van der Waals surface area contributed by atoms with Crippen LogP contribution in [0.15, 0.2) is 48.5 Å². The molecule has 0 fully saturated rings. The number of anilines is 2. The molecule has 0 spiro atoms. The first-order valence-electron chi connectivity index (χ1n) is 7.42. The third-order valence-corrected chi connectivity index (χ3v) is 4.99. The fourth-order valence-corrected chi connectivity index (χ4v) is 3.69. The third-order valence-electron chi connectivity index (χ3n) is 3.51. The van der Waals surface area contributed by atoms with E-state index in [4.69, 9.17) is 16.3 Å². The highest BCUT2D eigenvalue weighted by molar-refractivity contribution is 7.92. The molecule has 0 aliphatic heterocycles. The Morgan fingerprint density at radius 1 is 1.20 bits per heavy atom. The summed E-state index contributed by atoms with van der Waals surface area (Å²) in [6.07, 6.45) is 1.05. The summed E-state index contributed by atoms with van der Waals surface area (Å²) >= 11 is 5.95. The van der Waals surface area contributed by atoms with E-state index in [1.165, 1.54) is 13.0 Å². The van der Waals surface area contributed by atoms with Gasteiger partial charge in [0, 0.05) is 10.7 Å². The first kappa shape index (κ1) is 19.1. The Kier molecular flexibility index (Phi) is 5.92. The maximum absolute atomic E-state index is 12.5. The summed E-state index contributed by atoms with van der Waals surface area (Å²) in [6.45, 7) is 1.51. The predicted molar refractivity (Wildman–Crippen MR) is 99.9 cm³/mol. The van der Waals surface area contributed by atoms with Gasteiger partial charge in [-0.2, -0.15) is 0 Å². The Hall–Kier alpha value is -2.25. The van der Waals surface area contributed by atoms with Crippen molar-refractivity contribution in [2.45, 2.75) is 13.0 Å². The molecule has 2 rings (SSSR count). The molecule has 1 atom stereocenters. The van der Waals surface area contributed by atoms with E-state index in [1.54, 1.807) is 49.6 Å². The first-order chi connectivity index (χ1) is 11.7. The highest BCUT2D eigenvalue weighted by Crippen LogP contribution is 2.25. The Bertz CT molecular complexity index is 853. The maximum Gasteiger partial charge on any atom is 0.247 e. The Morgan fingerprint density at radius 2 is 1.84 bits per heavy atom. The van der Waals surface area contributed by atoms with Crippen molar-refractivity contribution in [2.75, 3.05) is 23.0 Å². The minimum Gasteiger partial charge on any atom is -0.497 e. The van der Waals surface area contributed by atoms with E-state index in [-0.39, 0.29) is 0 Å². The summed E-state index contributed by atoms with van der Waals surface area (Å²) in [7, 11) is -2.14. The van der Waals surface area contributed by atoms with Gasteiger partial charge in [0.15, 0.2) is 0 Å². The van der Waals surface area contributed by atoms with Crippen LogP contribution in [0.1, 0.15) is 6.92 Å². The molecule has 0 saturated heterocycles. The number of methoxy groups -OCH3 is 1. The fourth-order valence-electron chi connectivity index (χ4n) is 2.34. The summed E-state index contributed by atoms with van der Waals surface area (Å²) in [6, 6.07) is 12.1. The van der Waals surface area contributed by atoms with Gasteiger partial charge >= 0.3 is 0 Å². The standard InChI is InChI=1S/C17H19ClN2O4S/c1-12(17(21)19-14-7-9-16(24-2)10-8-14)20(25(3,22)23)15-6-4-5-13(18)11-15/h4-12H,1-3H3,(H,19,21). The van der Waals surface area contributed by atoms with Crippen LogP contribution in [-0.4, -0.2) is 33.7 Å². The van der Waals surface area contributed by atoms with E-state index >= 15 is 0 Å².